The maximum atomic E-state index is 13.5. The Kier molecular flexibility index (Phi) is 6.06. The van der Waals surface area contributed by atoms with Crippen LogP contribution >= 0.6 is 0 Å². The summed E-state index contributed by atoms with van der Waals surface area (Å²) in [4.78, 5) is 37.9. The second-order valence-corrected chi connectivity index (χ2v) is 9.80. The number of halogens is 3. The molecule has 1 N–H and O–H groups in total. The third kappa shape index (κ3) is 4.59. The van der Waals surface area contributed by atoms with Crippen LogP contribution in [0.3, 0.4) is 0 Å². The molecule has 3 fully saturated rings. The minimum atomic E-state index is -4.63. The van der Waals surface area contributed by atoms with Crippen LogP contribution in [0.15, 0.2) is 36.8 Å². The van der Waals surface area contributed by atoms with Crippen LogP contribution in [0.5, 0.6) is 0 Å². The Labute approximate surface area is 206 Å². The Morgan fingerprint density at radius 1 is 1.17 bits per heavy atom. The van der Waals surface area contributed by atoms with Crippen molar-refractivity contribution in [1.82, 2.24) is 20.2 Å². The molecule has 1 unspecified atom stereocenters. The first-order valence-electron chi connectivity index (χ1n) is 11.9. The van der Waals surface area contributed by atoms with Gasteiger partial charge in [0.25, 0.3) is 5.91 Å². The number of piperidine rings is 1. The summed E-state index contributed by atoms with van der Waals surface area (Å²) in [7, 11) is 0. The van der Waals surface area contributed by atoms with E-state index in [2.05, 4.69) is 15.3 Å². The number of nitriles is 1. The van der Waals surface area contributed by atoms with E-state index in [9.17, 15) is 22.8 Å². The van der Waals surface area contributed by atoms with E-state index in [0.29, 0.717) is 38.2 Å². The van der Waals surface area contributed by atoms with E-state index in [1.54, 1.807) is 11.0 Å². The van der Waals surface area contributed by atoms with Gasteiger partial charge in [0.15, 0.2) is 0 Å². The predicted molar refractivity (Wildman–Crippen MR) is 123 cm³/mol. The Bertz CT molecular complexity index is 1200. The predicted octanol–water partition coefficient (Wildman–Crippen LogP) is 3.00. The lowest BCUT2D eigenvalue weighted by Gasteiger charge is -2.43. The van der Waals surface area contributed by atoms with Crippen molar-refractivity contribution < 1.29 is 22.8 Å². The number of aromatic nitrogens is 2. The highest BCUT2D eigenvalue weighted by Gasteiger charge is 2.53. The lowest BCUT2D eigenvalue weighted by Crippen LogP contribution is -2.49. The molecule has 2 aliphatic heterocycles. The quantitative estimate of drug-likeness (QED) is 0.696. The molecule has 2 aromatic rings. The largest absolute Gasteiger partial charge is 0.417 e. The van der Waals surface area contributed by atoms with E-state index in [-0.39, 0.29) is 30.1 Å². The zero-order valence-corrected chi connectivity index (χ0v) is 19.5. The summed E-state index contributed by atoms with van der Waals surface area (Å²) in [5.74, 6) is -0.765. The van der Waals surface area contributed by atoms with Crippen LogP contribution in [0.4, 0.5) is 18.9 Å². The van der Waals surface area contributed by atoms with Crippen molar-refractivity contribution in [3.63, 3.8) is 0 Å². The van der Waals surface area contributed by atoms with Crippen LogP contribution < -0.4 is 10.2 Å². The van der Waals surface area contributed by atoms with Crippen molar-refractivity contribution in [2.45, 2.75) is 37.9 Å². The monoisotopic (exact) mass is 498 g/mol. The Morgan fingerprint density at radius 2 is 1.92 bits per heavy atom. The van der Waals surface area contributed by atoms with Crippen LogP contribution in [0.2, 0.25) is 0 Å². The average molecular weight is 499 g/mol. The fraction of sp³-hybridized carbons (Fsp3) is 0.480. The molecule has 1 atom stereocenters. The van der Waals surface area contributed by atoms with Gasteiger partial charge in [-0.3, -0.25) is 14.6 Å². The number of benzene rings is 1. The molecule has 8 nitrogen and oxygen atoms in total. The van der Waals surface area contributed by atoms with Crippen LogP contribution in [0, 0.1) is 22.7 Å². The highest BCUT2D eigenvalue weighted by Crippen LogP contribution is 2.46. The van der Waals surface area contributed by atoms with E-state index in [4.69, 9.17) is 5.26 Å². The normalized spacial score (nSPS) is 21.3. The second-order valence-electron chi connectivity index (χ2n) is 9.80. The van der Waals surface area contributed by atoms with Gasteiger partial charge in [0, 0.05) is 55.7 Å². The van der Waals surface area contributed by atoms with Gasteiger partial charge in [0.1, 0.15) is 5.69 Å². The SMILES string of the molecule is N#Cc1ccc(N2CCC3(CC2)CN(C(=O)c2cnccn2)CC3C(=O)NC2CC2)cc1C(F)(F)F. The average Bonchev–Trinajstić information content (AvgIpc) is 3.62. The first-order chi connectivity index (χ1) is 17.2. The third-order valence-corrected chi connectivity index (χ3v) is 7.51. The molecule has 0 bridgehead atoms. The summed E-state index contributed by atoms with van der Waals surface area (Å²) in [6.07, 6.45) is 2.68. The van der Waals surface area contributed by atoms with Gasteiger partial charge in [-0.15, -0.1) is 0 Å². The molecular weight excluding hydrogens is 473 g/mol. The molecule has 1 spiro atoms. The number of nitrogens with zero attached hydrogens (tertiary/aromatic N) is 5. The molecule has 1 saturated carbocycles. The molecular formula is C25H25F3N6O2. The maximum Gasteiger partial charge on any atom is 0.417 e. The van der Waals surface area contributed by atoms with Crippen molar-refractivity contribution in [2.24, 2.45) is 11.3 Å². The fourth-order valence-corrected chi connectivity index (χ4v) is 5.36. The molecule has 2 amide bonds. The minimum absolute atomic E-state index is 0.0712. The Morgan fingerprint density at radius 3 is 2.53 bits per heavy atom. The van der Waals surface area contributed by atoms with Crippen molar-refractivity contribution in [3.8, 4) is 6.07 Å². The van der Waals surface area contributed by atoms with E-state index < -0.39 is 28.6 Å². The van der Waals surface area contributed by atoms with Gasteiger partial charge < -0.3 is 15.1 Å². The summed E-state index contributed by atoms with van der Waals surface area (Å²) in [5.41, 5.74) is -1.24. The van der Waals surface area contributed by atoms with Crippen molar-refractivity contribution in [1.29, 1.82) is 5.26 Å². The number of hydrogen-bond donors (Lipinski definition) is 1. The number of carbonyl (C=O) groups is 2. The van der Waals surface area contributed by atoms with Gasteiger partial charge in [-0.25, -0.2) is 4.98 Å². The zero-order chi connectivity index (χ0) is 25.5. The summed E-state index contributed by atoms with van der Waals surface area (Å²) in [6.45, 7) is 1.51. The number of nitrogens with one attached hydrogen (secondary N) is 1. The molecule has 3 aliphatic rings. The number of rotatable bonds is 4. The second kappa shape index (κ2) is 9.08. The van der Waals surface area contributed by atoms with Crippen molar-refractivity contribution >= 4 is 17.5 Å². The smallest absolute Gasteiger partial charge is 0.371 e. The lowest BCUT2D eigenvalue weighted by atomic mass is 9.70. The van der Waals surface area contributed by atoms with Crippen LogP contribution in [-0.4, -0.2) is 58.9 Å². The molecule has 1 aromatic carbocycles. The van der Waals surface area contributed by atoms with Gasteiger partial charge in [-0.1, -0.05) is 0 Å². The Hall–Kier alpha value is -3.68. The van der Waals surface area contributed by atoms with Crippen LogP contribution in [-0.2, 0) is 11.0 Å². The standard InChI is InChI=1S/C25H25F3N6O2/c26-25(27,28)19-11-18(4-1-16(19)12-29)33-9-5-24(6-10-33)15-34(23(36)21-13-30-7-8-31-21)14-20(24)22(35)32-17-2-3-17/h1,4,7-8,11,13,17,20H,2-3,5-6,9-10,14-15H2,(H,32,35). The van der Waals surface area contributed by atoms with Gasteiger partial charge in [-0.05, 0) is 43.9 Å². The molecule has 36 heavy (non-hydrogen) atoms. The van der Waals surface area contributed by atoms with Gasteiger partial charge in [-0.2, -0.15) is 18.4 Å². The number of hydrogen-bond acceptors (Lipinski definition) is 6. The Balaban J connectivity index is 1.36. The van der Waals surface area contributed by atoms with Crippen LogP contribution in [0.1, 0.15) is 47.3 Å². The maximum absolute atomic E-state index is 13.5. The summed E-state index contributed by atoms with van der Waals surface area (Å²) < 4.78 is 40.4. The summed E-state index contributed by atoms with van der Waals surface area (Å²) in [5, 5.41) is 12.2. The zero-order valence-electron chi connectivity index (χ0n) is 19.5. The van der Waals surface area contributed by atoms with Crippen molar-refractivity contribution in [2.75, 3.05) is 31.1 Å². The number of alkyl halides is 3. The van der Waals surface area contributed by atoms with Gasteiger partial charge >= 0.3 is 6.18 Å². The topological polar surface area (TPSA) is 102 Å². The highest BCUT2D eigenvalue weighted by atomic mass is 19.4. The number of amides is 2. The first kappa shape index (κ1) is 24.0. The third-order valence-electron chi connectivity index (χ3n) is 7.51. The number of anilines is 1. The van der Waals surface area contributed by atoms with E-state index in [1.165, 1.54) is 30.7 Å². The van der Waals surface area contributed by atoms with Crippen LogP contribution in [0.25, 0.3) is 0 Å². The van der Waals surface area contributed by atoms with Gasteiger partial charge in [0.2, 0.25) is 5.91 Å². The molecule has 11 heteroatoms. The summed E-state index contributed by atoms with van der Waals surface area (Å²) >= 11 is 0. The molecule has 5 rings (SSSR count). The summed E-state index contributed by atoms with van der Waals surface area (Å²) in [6, 6.07) is 5.54. The molecule has 1 aliphatic carbocycles. The van der Waals surface area contributed by atoms with Gasteiger partial charge in [0.05, 0.1) is 29.3 Å². The van der Waals surface area contributed by atoms with E-state index in [1.807, 2.05) is 4.90 Å². The minimum Gasteiger partial charge on any atom is -0.371 e. The number of likely N-dealkylation sites (tertiary alicyclic amines) is 1. The first-order valence-corrected chi connectivity index (χ1v) is 11.9. The molecule has 2 saturated heterocycles. The lowest BCUT2D eigenvalue weighted by molar-refractivity contribution is -0.137. The number of carbonyl (C=O) groups excluding carboxylic acids is 2. The molecule has 188 valence electrons. The molecule has 0 radical (unpaired) electrons. The van der Waals surface area contributed by atoms with Crippen molar-refractivity contribution in [3.05, 3.63) is 53.6 Å². The highest BCUT2D eigenvalue weighted by molar-refractivity contribution is 5.93. The fourth-order valence-electron chi connectivity index (χ4n) is 5.36. The molecule has 3 heterocycles. The van der Waals surface area contributed by atoms with E-state index >= 15 is 0 Å². The molecule has 1 aromatic heterocycles. The van der Waals surface area contributed by atoms with E-state index in [0.717, 1.165) is 18.9 Å².